The number of rotatable bonds is 27. The van der Waals surface area contributed by atoms with Gasteiger partial charge in [0.05, 0.1) is 77.1 Å². The first kappa shape index (κ1) is 38.1. The molecule has 2 amide bonds. The van der Waals surface area contributed by atoms with Crippen molar-refractivity contribution in [3.8, 4) is 0 Å². The average molecular weight is 659 g/mol. The van der Waals surface area contributed by atoms with E-state index in [0.29, 0.717) is 97.8 Å². The molecule has 2 heterocycles. The first-order valence-corrected chi connectivity index (χ1v) is 17.0. The summed E-state index contributed by atoms with van der Waals surface area (Å²) in [4.78, 5) is 33.0. The number of nitrogens with two attached hydrogens (primary N) is 1. The van der Waals surface area contributed by atoms with E-state index >= 15 is 0 Å². The minimum Gasteiger partial charge on any atom is -0.382 e. The number of pyridine rings is 1. The number of carbonyl (C=O) groups is 2. The molecule has 0 aliphatic rings. The number of amides is 2. The summed E-state index contributed by atoms with van der Waals surface area (Å²) in [6.45, 7) is 10.5. The van der Waals surface area contributed by atoms with E-state index in [1.807, 2.05) is 25.1 Å². The van der Waals surface area contributed by atoms with E-state index in [-0.39, 0.29) is 11.8 Å². The van der Waals surface area contributed by atoms with Crippen LogP contribution in [0.1, 0.15) is 58.2 Å². The fourth-order valence-corrected chi connectivity index (χ4v) is 4.98. The lowest BCUT2D eigenvalue weighted by molar-refractivity contribution is -0.123. The number of hydrogen-bond donors (Lipinski definition) is 3. The van der Waals surface area contributed by atoms with Gasteiger partial charge in [0.25, 0.3) is 0 Å². The molecule has 0 spiro atoms. The SMILES string of the molecule is CCCCc1nc2c(N)nc3ccccc3c2n1CCCCNC(=O)CCOCCOCCOCCOCCOCCC(=O)NCC. The van der Waals surface area contributed by atoms with Crippen molar-refractivity contribution in [2.75, 3.05) is 84.9 Å². The van der Waals surface area contributed by atoms with Gasteiger partial charge in [-0.25, -0.2) is 9.97 Å². The van der Waals surface area contributed by atoms with Crippen LogP contribution in [0.2, 0.25) is 0 Å². The summed E-state index contributed by atoms with van der Waals surface area (Å²) >= 11 is 0. The lowest BCUT2D eigenvalue weighted by Crippen LogP contribution is -2.26. The smallest absolute Gasteiger partial charge is 0.222 e. The van der Waals surface area contributed by atoms with E-state index in [0.717, 1.165) is 66.4 Å². The maximum absolute atomic E-state index is 12.3. The van der Waals surface area contributed by atoms with Crippen molar-refractivity contribution >= 4 is 39.6 Å². The summed E-state index contributed by atoms with van der Waals surface area (Å²) in [6, 6.07) is 8.05. The molecule has 0 fully saturated rings. The standard InChI is InChI=1S/C34H54N6O7/c1-3-5-12-29-39-32-33(27-10-6-7-11-28(27)38-34(32)35)40(29)16-9-8-15-37-31(42)14-18-44-20-22-46-24-26-47-25-23-45-21-19-43-17-13-30(41)36-4-2/h6-7,10-11H,3-5,8-9,12-26H2,1-2H3,(H2,35,38)(H,36,41)(H,37,42). The normalized spacial score (nSPS) is 11.4. The van der Waals surface area contributed by atoms with E-state index < -0.39 is 0 Å². The number of nitrogens with zero attached hydrogens (tertiary/aromatic N) is 3. The Hall–Kier alpha value is -3.36. The maximum atomic E-state index is 12.3. The molecule has 3 rings (SSSR count). The van der Waals surface area contributed by atoms with Crippen LogP contribution in [0, 0.1) is 0 Å². The molecule has 47 heavy (non-hydrogen) atoms. The molecule has 262 valence electrons. The summed E-state index contributed by atoms with van der Waals surface area (Å²) in [7, 11) is 0. The van der Waals surface area contributed by atoms with Gasteiger partial charge < -0.3 is 44.6 Å². The molecule has 2 aromatic heterocycles. The van der Waals surface area contributed by atoms with Gasteiger partial charge in [-0.3, -0.25) is 9.59 Å². The monoisotopic (exact) mass is 658 g/mol. The van der Waals surface area contributed by atoms with E-state index in [2.05, 4.69) is 33.2 Å². The van der Waals surface area contributed by atoms with Crippen LogP contribution in [-0.4, -0.2) is 106 Å². The molecule has 0 atom stereocenters. The van der Waals surface area contributed by atoms with Gasteiger partial charge in [0.15, 0.2) is 5.82 Å². The van der Waals surface area contributed by atoms with Crippen LogP contribution >= 0.6 is 0 Å². The number of carbonyl (C=O) groups excluding carboxylic acids is 2. The Labute approximate surface area is 278 Å². The number of hydrogen-bond acceptors (Lipinski definition) is 10. The molecule has 3 aromatic rings. The minimum atomic E-state index is -0.0194. The summed E-state index contributed by atoms with van der Waals surface area (Å²) < 4.78 is 29.6. The Bertz CT molecular complexity index is 1340. The lowest BCUT2D eigenvalue weighted by atomic mass is 10.2. The van der Waals surface area contributed by atoms with E-state index in [9.17, 15) is 9.59 Å². The fraction of sp³-hybridized carbons (Fsp3) is 0.647. The highest BCUT2D eigenvalue weighted by Crippen LogP contribution is 2.29. The van der Waals surface area contributed by atoms with Crippen molar-refractivity contribution in [1.29, 1.82) is 0 Å². The zero-order valence-electron chi connectivity index (χ0n) is 28.2. The summed E-state index contributed by atoms with van der Waals surface area (Å²) in [5.41, 5.74) is 9.00. The van der Waals surface area contributed by atoms with Gasteiger partial charge in [0, 0.05) is 44.3 Å². The molecule has 13 nitrogen and oxygen atoms in total. The second-order valence-electron chi connectivity index (χ2n) is 11.1. The van der Waals surface area contributed by atoms with Crippen LogP contribution in [0.5, 0.6) is 0 Å². The number of fused-ring (bicyclic) bond motifs is 3. The number of benzene rings is 1. The van der Waals surface area contributed by atoms with E-state index in [4.69, 9.17) is 34.4 Å². The molecular formula is C34H54N6O7. The third kappa shape index (κ3) is 14.1. The molecule has 0 unspecified atom stereocenters. The number of ether oxygens (including phenoxy) is 5. The number of aromatic nitrogens is 3. The number of para-hydroxylation sites is 1. The third-order valence-electron chi connectivity index (χ3n) is 7.38. The Morgan fingerprint density at radius 1 is 0.745 bits per heavy atom. The van der Waals surface area contributed by atoms with Gasteiger partial charge in [-0.2, -0.15) is 0 Å². The second-order valence-corrected chi connectivity index (χ2v) is 11.1. The van der Waals surface area contributed by atoms with Crippen LogP contribution in [0.4, 0.5) is 5.82 Å². The van der Waals surface area contributed by atoms with E-state index in [1.54, 1.807) is 0 Å². The van der Waals surface area contributed by atoms with Crippen molar-refractivity contribution in [3.63, 3.8) is 0 Å². The Morgan fingerprint density at radius 2 is 1.32 bits per heavy atom. The summed E-state index contributed by atoms with van der Waals surface area (Å²) in [5, 5.41) is 6.78. The molecule has 0 bridgehead atoms. The van der Waals surface area contributed by atoms with Gasteiger partial charge in [-0.05, 0) is 32.3 Å². The third-order valence-corrected chi connectivity index (χ3v) is 7.38. The topological polar surface area (TPSA) is 161 Å². The fourth-order valence-electron chi connectivity index (χ4n) is 4.98. The van der Waals surface area contributed by atoms with Crippen molar-refractivity contribution in [3.05, 3.63) is 30.1 Å². The zero-order valence-corrected chi connectivity index (χ0v) is 28.2. The molecule has 0 aliphatic heterocycles. The highest BCUT2D eigenvalue weighted by atomic mass is 16.6. The number of aryl methyl sites for hydroxylation is 2. The van der Waals surface area contributed by atoms with Gasteiger partial charge in [0.2, 0.25) is 11.8 Å². The number of nitrogens with one attached hydrogen (secondary N) is 2. The average Bonchev–Trinajstić information content (AvgIpc) is 3.44. The van der Waals surface area contributed by atoms with Crippen molar-refractivity contribution in [2.45, 2.75) is 65.3 Å². The molecule has 13 heteroatoms. The second kappa shape index (κ2) is 23.0. The first-order valence-electron chi connectivity index (χ1n) is 17.0. The number of unbranched alkanes of at least 4 members (excludes halogenated alkanes) is 2. The minimum absolute atomic E-state index is 0.00643. The van der Waals surface area contributed by atoms with Crippen LogP contribution in [-0.2, 0) is 46.2 Å². The number of imidazole rings is 1. The van der Waals surface area contributed by atoms with E-state index in [1.165, 1.54) is 0 Å². The van der Waals surface area contributed by atoms with Gasteiger partial charge in [-0.15, -0.1) is 0 Å². The largest absolute Gasteiger partial charge is 0.382 e. The van der Waals surface area contributed by atoms with Crippen molar-refractivity contribution in [2.24, 2.45) is 0 Å². The highest BCUT2D eigenvalue weighted by molar-refractivity contribution is 6.06. The Kier molecular flexibility index (Phi) is 18.7. The first-order chi connectivity index (χ1) is 23.0. The predicted molar refractivity (Wildman–Crippen MR) is 182 cm³/mol. The Morgan fingerprint density at radius 3 is 1.91 bits per heavy atom. The van der Waals surface area contributed by atoms with Crippen LogP contribution < -0.4 is 16.4 Å². The van der Waals surface area contributed by atoms with Crippen LogP contribution in [0.3, 0.4) is 0 Å². The van der Waals surface area contributed by atoms with Gasteiger partial charge >= 0.3 is 0 Å². The summed E-state index contributed by atoms with van der Waals surface area (Å²) in [5.74, 6) is 1.48. The Balaban J connectivity index is 1.17. The number of anilines is 1. The molecular weight excluding hydrogens is 604 g/mol. The predicted octanol–water partition coefficient (Wildman–Crippen LogP) is 3.41. The van der Waals surface area contributed by atoms with Crippen LogP contribution in [0.25, 0.3) is 21.9 Å². The van der Waals surface area contributed by atoms with Crippen molar-refractivity contribution < 1.29 is 33.3 Å². The highest BCUT2D eigenvalue weighted by Gasteiger charge is 2.17. The van der Waals surface area contributed by atoms with Crippen molar-refractivity contribution in [1.82, 2.24) is 25.2 Å². The summed E-state index contributed by atoms with van der Waals surface area (Å²) in [6.07, 6.45) is 5.48. The molecule has 0 radical (unpaired) electrons. The van der Waals surface area contributed by atoms with Gasteiger partial charge in [0.1, 0.15) is 11.3 Å². The molecule has 4 N–H and O–H groups in total. The molecule has 0 saturated carbocycles. The van der Waals surface area contributed by atoms with Gasteiger partial charge in [-0.1, -0.05) is 31.5 Å². The zero-order chi connectivity index (χ0) is 33.5. The molecule has 0 aliphatic carbocycles. The lowest BCUT2D eigenvalue weighted by Gasteiger charge is -2.11. The number of nitrogen functional groups attached to an aromatic ring is 1. The quantitative estimate of drug-likeness (QED) is 0.104. The molecule has 1 aromatic carbocycles. The van der Waals surface area contributed by atoms with Crippen LogP contribution in [0.15, 0.2) is 24.3 Å². The molecule has 0 saturated heterocycles. The maximum Gasteiger partial charge on any atom is 0.222 e.